The van der Waals surface area contributed by atoms with Crippen molar-refractivity contribution in [1.82, 2.24) is 15.5 Å². The molecule has 300 valence electrons. The van der Waals surface area contributed by atoms with Gasteiger partial charge in [-0.15, -0.1) is 11.8 Å². The van der Waals surface area contributed by atoms with E-state index in [0.717, 1.165) is 56.7 Å². The van der Waals surface area contributed by atoms with Gasteiger partial charge in [0.05, 0.1) is 5.39 Å². The standard InChI is InChI=1S/C36H33N3O17S/c1-15-27(30(45)22-10-24(55-17(3)41)25(56-18(4)42)11-23(22)54-15)31(46)37-28(19-6-8-21(9-7-19)53-13-26(43)44)32(47)38-36(51-5)34(50)39-29(33(48)49)20(12-52-16(2)40)14-57-35(36)39/h6-11,28,35H,12-14H2,1-5H3,(H,37,46)(H,38,47)(H,43,44)(H,48,49)/t28?,35-,36+/m1/s1. The maximum atomic E-state index is 14.2. The molecule has 5 rings (SSSR count). The molecule has 1 unspecified atom stereocenters. The Morgan fingerprint density at radius 3 is 2.16 bits per heavy atom. The van der Waals surface area contributed by atoms with Gasteiger partial charge >= 0.3 is 29.8 Å². The molecule has 0 radical (unpaired) electrons. The van der Waals surface area contributed by atoms with Gasteiger partial charge in [-0.25, -0.2) is 9.59 Å². The van der Waals surface area contributed by atoms with Crippen LogP contribution in [0.25, 0.3) is 11.0 Å². The van der Waals surface area contributed by atoms with Crippen molar-refractivity contribution in [3.05, 3.63) is 74.8 Å². The number of esters is 3. The number of thioether (sulfide) groups is 1. The van der Waals surface area contributed by atoms with E-state index >= 15 is 0 Å². The Bertz CT molecular complexity index is 2320. The van der Waals surface area contributed by atoms with E-state index in [9.17, 15) is 48.3 Å². The van der Waals surface area contributed by atoms with E-state index in [2.05, 4.69) is 10.6 Å². The Morgan fingerprint density at radius 2 is 1.60 bits per heavy atom. The zero-order valence-electron chi connectivity index (χ0n) is 30.6. The smallest absolute Gasteiger partial charge is 0.352 e. The summed E-state index contributed by atoms with van der Waals surface area (Å²) in [6.45, 7) is 3.46. The molecule has 2 aliphatic heterocycles. The third kappa shape index (κ3) is 8.43. The van der Waals surface area contributed by atoms with E-state index in [1.165, 1.54) is 31.2 Å². The van der Waals surface area contributed by atoms with Crippen molar-refractivity contribution in [2.45, 2.75) is 44.8 Å². The first kappa shape index (κ1) is 41.4. The van der Waals surface area contributed by atoms with E-state index in [0.29, 0.717) is 0 Å². The molecule has 3 atom stereocenters. The van der Waals surface area contributed by atoms with Crippen LogP contribution >= 0.6 is 11.8 Å². The summed E-state index contributed by atoms with van der Waals surface area (Å²) in [6, 6.07) is 5.63. The predicted molar refractivity (Wildman–Crippen MR) is 192 cm³/mol. The van der Waals surface area contributed by atoms with Crippen LogP contribution in [-0.2, 0) is 43.0 Å². The van der Waals surface area contributed by atoms with Gasteiger partial charge in [0.25, 0.3) is 17.5 Å². The fourth-order valence-electron chi connectivity index (χ4n) is 5.95. The summed E-state index contributed by atoms with van der Waals surface area (Å²) >= 11 is 1.00. The van der Waals surface area contributed by atoms with Gasteiger partial charge in [-0.1, -0.05) is 12.1 Å². The van der Waals surface area contributed by atoms with Gasteiger partial charge in [0.15, 0.2) is 18.1 Å². The normalized spacial score (nSPS) is 17.7. The molecule has 0 spiro atoms. The fraction of sp³-hybridized carbons (Fsp3) is 0.306. The second-order valence-electron chi connectivity index (χ2n) is 12.3. The van der Waals surface area contributed by atoms with Gasteiger partial charge in [0, 0.05) is 45.3 Å². The highest BCUT2D eigenvalue weighted by Gasteiger charge is 2.67. The molecule has 2 aromatic carbocycles. The first-order valence-electron chi connectivity index (χ1n) is 16.5. The highest BCUT2D eigenvalue weighted by Crippen LogP contribution is 2.47. The monoisotopic (exact) mass is 811 g/mol. The number of amides is 3. The Labute approximate surface area is 325 Å². The molecule has 4 N–H and O–H groups in total. The van der Waals surface area contributed by atoms with Crippen molar-refractivity contribution in [3.8, 4) is 17.2 Å². The molecular weight excluding hydrogens is 778 g/mol. The molecule has 3 aromatic rings. The number of nitrogens with one attached hydrogen (secondary N) is 2. The number of carbonyl (C=O) groups excluding carboxylic acids is 6. The van der Waals surface area contributed by atoms with E-state index in [-0.39, 0.29) is 50.9 Å². The number of fused-ring (bicyclic) bond motifs is 2. The van der Waals surface area contributed by atoms with Crippen molar-refractivity contribution < 1.29 is 76.7 Å². The van der Waals surface area contributed by atoms with Crippen LogP contribution in [0.1, 0.15) is 48.5 Å². The number of ether oxygens (including phenoxy) is 5. The fourth-order valence-corrected chi connectivity index (χ4v) is 7.37. The Kier molecular flexibility index (Phi) is 12.0. The number of benzene rings is 2. The number of β-lactam (4-membered cyclic amide) rings is 1. The Morgan fingerprint density at radius 1 is 0.965 bits per heavy atom. The molecule has 3 heterocycles. The molecule has 57 heavy (non-hydrogen) atoms. The number of methoxy groups -OCH3 is 1. The maximum absolute atomic E-state index is 14.2. The quantitative estimate of drug-likeness (QED) is 0.0769. The van der Waals surface area contributed by atoms with Crippen LogP contribution in [0.4, 0.5) is 0 Å². The van der Waals surface area contributed by atoms with Gasteiger partial charge in [-0.05, 0) is 30.7 Å². The minimum atomic E-state index is -2.17. The van der Waals surface area contributed by atoms with E-state index in [1.807, 2.05) is 0 Å². The molecule has 1 fully saturated rings. The third-order valence-electron chi connectivity index (χ3n) is 8.37. The number of aryl methyl sites for hydroxylation is 1. The number of hydrogen-bond donors (Lipinski definition) is 4. The van der Waals surface area contributed by atoms with Crippen LogP contribution in [0, 0.1) is 6.92 Å². The summed E-state index contributed by atoms with van der Waals surface area (Å²) in [5.41, 5.74) is -4.18. The van der Waals surface area contributed by atoms with E-state index in [4.69, 9.17) is 33.2 Å². The highest BCUT2D eigenvalue weighted by molar-refractivity contribution is 8.00. The number of aliphatic carboxylic acids is 2. The Balaban J connectivity index is 1.52. The molecule has 2 aliphatic rings. The number of carboxylic acid groups (broad SMARTS) is 2. The number of carboxylic acids is 2. The van der Waals surface area contributed by atoms with Crippen LogP contribution in [0.2, 0.25) is 0 Å². The first-order chi connectivity index (χ1) is 26.9. The van der Waals surface area contributed by atoms with E-state index < -0.39 is 94.6 Å². The van der Waals surface area contributed by atoms with Crippen molar-refractivity contribution in [3.63, 3.8) is 0 Å². The molecule has 3 amide bonds. The molecule has 21 heteroatoms. The minimum absolute atomic E-state index is 0.0375. The molecule has 0 aliphatic carbocycles. The summed E-state index contributed by atoms with van der Waals surface area (Å²) in [5, 5.41) is 22.5. The summed E-state index contributed by atoms with van der Waals surface area (Å²) < 4.78 is 31.6. The number of nitrogens with zero attached hydrogens (tertiary/aromatic N) is 1. The zero-order chi connectivity index (χ0) is 41.9. The van der Waals surface area contributed by atoms with Gasteiger partial charge in [-0.3, -0.25) is 38.5 Å². The van der Waals surface area contributed by atoms with Gasteiger partial charge in [0.1, 0.15) is 46.4 Å². The van der Waals surface area contributed by atoms with Crippen molar-refractivity contribution in [1.29, 1.82) is 0 Å². The lowest BCUT2D eigenvalue weighted by atomic mass is 9.96. The zero-order valence-corrected chi connectivity index (χ0v) is 31.4. The number of hydrogen-bond acceptors (Lipinski definition) is 16. The molecule has 0 saturated carbocycles. The summed E-state index contributed by atoms with van der Waals surface area (Å²) in [4.78, 5) is 115. The molecular formula is C36H33N3O17S. The van der Waals surface area contributed by atoms with Gasteiger partial charge in [-0.2, -0.15) is 0 Å². The number of carbonyl (C=O) groups is 8. The SMILES string of the molecule is CO[C@@]1(NC(=O)C(NC(=O)c2c(C)oc3cc(OC(C)=O)c(OC(C)=O)cc3c2=O)c2ccc(OCC(=O)O)cc2)C(=O)N2C(C(=O)O)=C(COC(C)=O)CS[C@@H]21. The van der Waals surface area contributed by atoms with Crippen molar-refractivity contribution in [2.75, 3.05) is 26.1 Å². The molecule has 20 nitrogen and oxygen atoms in total. The van der Waals surface area contributed by atoms with Gasteiger partial charge < -0.3 is 48.9 Å². The lowest BCUT2D eigenvalue weighted by molar-refractivity contribution is -0.193. The maximum Gasteiger partial charge on any atom is 0.352 e. The highest BCUT2D eigenvalue weighted by atomic mass is 32.2. The largest absolute Gasteiger partial charge is 0.482 e. The number of rotatable bonds is 14. The van der Waals surface area contributed by atoms with Crippen LogP contribution < -0.4 is 30.3 Å². The first-order valence-corrected chi connectivity index (χ1v) is 17.6. The van der Waals surface area contributed by atoms with E-state index in [1.54, 1.807) is 0 Å². The topological polar surface area (TPSA) is 281 Å². The lowest BCUT2D eigenvalue weighted by Gasteiger charge is -2.56. The minimum Gasteiger partial charge on any atom is -0.482 e. The summed E-state index contributed by atoms with van der Waals surface area (Å²) in [7, 11) is 1.09. The van der Waals surface area contributed by atoms with Crippen LogP contribution in [0.5, 0.6) is 17.2 Å². The summed E-state index contributed by atoms with van der Waals surface area (Å²) in [5.74, 6) is -9.08. The van der Waals surface area contributed by atoms with Crippen LogP contribution in [-0.4, -0.2) is 99.9 Å². The van der Waals surface area contributed by atoms with Gasteiger partial charge in [0.2, 0.25) is 11.3 Å². The van der Waals surface area contributed by atoms with Crippen molar-refractivity contribution in [2.24, 2.45) is 0 Å². The second-order valence-corrected chi connectivity index (χ2v) is 13.4. The molecule has 1 saturated heterocycles. The average molecular weight is 812 g/mol. The summed E-state index contributed by atoms with van der Waals surface area (Å²) in [6.07, 6.45) is 0. The predicted octanol–water partition coefficient (Wildman–Crippen LogP) is 1.16. The lowest BCUT2D eigenvalue weighted by Crippen LogP contribution is -2.81. The van der Waals surface area contributed by atoms with Crippen LogP contribution in [0.15, 0.2) is 56.9 Å². The average Bonchev–Trinajstić information content (AvgIpc) is 3.13. The molecule has 0 bridgehead atoms. The van der Waals surface area contributed by atoms with Crippen molar-refractivity contribution >= 4 is 70.3 Å². The second kappa shape index (κ2) is 16.5. The Hall–Kier alpha value is -6.74. The third-order valence-corrected chi connectivity index (χ3v) is 9.75. The van der Waals surface area contributed by atoms with Crippen LogP contribution in [0.3, 0.4) is 0 Å². The molecule has 1 aromatic heterocycles.